The van der Waals surface area contributed by atoms with E-state index in [1.54, 1.807) is 6.07 Å². The number of piperazine rings is 1. The van der Waals surface area contributed by atoms with E-state index in [-0.39, 0.29) is 11.6 Å². The molecule has 1 atom stereocenters. The summed E-state index contributed by atoms with van der Waals surface area (Å²) in [4.78, 5) is 29.0. The van der Waals surface area contributed by atoms with Crippen molar-refractivity contribution in [2.75, 3.05) is 43.5 Å². The van der Waals surface area contributed by atoms with Crippen molar-refractivity contribution >= 4 is 45.8 Å². The van der Waals surface area contributed by atoms with E-state index in [0.717, 1.165) is 62.3 Å². The maximum atomic E-state index is 12.8. The Morgan fingerprint density at radius 2 is 2.00 bits per heavy atom. The minimum absolute atomic E-state index is 0.128. The van der Waals surface area contributed by atoms with E-state index in [1.807, 2.05) is 4.57 Å². The number of carboxylic acid groups (broad SMARTS) is 1. The first-order valence-electron chi connectivity index (χ1n) is 9.59. The molecule has 1 aromatic carbocycles. The predicted octanol–water partition coefficient (Wildman–Crippen LogP) is 3.22. The molecule has 2 aromatic rings. The van der Waals surface area contributed by atoms with E-state index < -0.39 is 11.4 Å². The predicted molar refractivity (Wildman–Crippen MR) is 113 cm³/mol. The molecule has 1 aromatic heterocycles. The molecule has 150 valence electrons. The lowest BCUT2D eigenvalue weighted by Crippen LogP contribution is -2.47. The molecule has 28 heavy (non-hydrogen) atoms. The Labute approximate surface area is 173 Å². The summed E-state index contributed by atoms with van der Waals surface area (Å²) in [5, 5.41) is 10.4. The highest BCUT2D eigenvalue weighted by Crippen LogP contribution is 2.41. The van der Waals surface area contributed by atoms with Crippen LogP contribution in [0.3, 0.4) is 0 Å². The average molecular weight is 424 g/mol. The average Bonchev–Trinajstić information content (AvgIpc) is 2.67. The smallest absolute Gasteiger partial charge is 0.341 e. The van der Waals surface area contributed by atoms with Gasteiger partial charge in [-0.25, -0.2) is 4.79 Å². The number of carbonyl (C=O) groups is 1. The lowest BCUT2D eigenvalue weighted by atomic mass is 9.93. The minimum atomic E-state index is -1.20. The molecule has 1 unspecified atom stereocenters. The zero-order valence-corrected chi connectivity index (χ0v) is 17.3. The fourth-order valence-corrected chi connectivity index (χ4v) is 5.02. The summed E-state index contributed by atoms with van der Waals surface area (Å²) in [5.41, 5.74) is 2.21. The molecule has 6 nitrogen and oxygen atoms in total. The minimum Gasteiger partial charge on any atom is -0.477 e. The number of aryl methyl sites for hydroxylation is 1. The standard InChI is InChI=1S/C20H23Cl2N3O3/c1-12-2-3-13-17-14(19(26)15(20(27)28)11-25(12)17)10-16(22)18(13)24-8-6-23(5-4-21)7-9-24/h10-12H,2-9H2,1H3,(H,27,28). The third kappa shape index (κ3) is 3.17. The Hall–Kier alpha value is -1.76. The second-order valence-electron chi connectivity index (χ2n) is 7.57. The summed E-state index contributed by atoms with van der Waals surface area (Å²) < 4.78 is 1.95. The molecule has 0 spiro atoms. The molecule has 0 amide bonds. The van der Waals surface area contributed by atoms with E-state index >= 15 is 0 Å². The lowest BCUT2D eigenvalue weighted by Gasteiger charge is -2.38. The third-order valence-corrected chi connectivity index (χ3v) is 6.40. The quantitative estimate of drug-likeness (QED) is 0.764. The van der Waals surface area contributed by atoms with Gasteiger partial charge in [0.05, 0.1) is 16.2 Å². The van der Waals surface area contributed by atoms with Crippen LogP contribution in [0.25, 0.3) is 10.9 Å². The number of anilines is 1. The summed E-state index contributed by atoms with van der Waals surface area (Å²) in [7, 11) is 0. The van der Waals surface area contributed by atoms with Gasteiger partial charge in [-0.05, 0) is 25.8 Å². The summed E-state index contributed by atoms with van der Waals surface area (Å²) in [6.07, 6.45) is 3.20. The van der Waals surface area contributed by atoms with Crippen LogP contribution in [0.15, 0.2) is 17.1 Å². The summed E-state index contributed by atoms with van der Waals surface area (Å²) in [6.45, 7) is 6.47. The van der Waals surface area contributed by atoms with Gasteiger partial charge in [-0.3, -0.25) is 9.69 Å². The van der Waals surface area contributed by atoms with Gasteiger partial charge >= 0.3 is 5.97 Å². The molecule has 0 saturated carbocycles. The first-order valence-corrected chi connectivity index (χ1v) is 10.5. The number of aromatic carboxylic acids is 1. The molecule has 1 N–H and O–H groups in total. The van der Waals surface area contributed by atoms with E-state index in [0.29, 0.717) is 16.3 Å². The van der Waals surface area contributed by atoms with Gasteiger partial charge in [0.1, 0.15) is 5.56 Å². The molecule has 4 rings (SSSR count). The van der Waals surface area contributed by atoms with Gasteiger partial charge in [0.25, 0.3) is 0 Å². The van der Waals surface area contributed by atoms with Gasteiger partial charge in [0, 0.05) is 61.8 Å². The summed E-state index contributed by atoms with van der Waals surface area (Å²) >= 11 is 12.5. The monoisotopic (exact) mass is 423 g/mol. The second kappa shape index (κ2) is 7.58. The van der Waals surface area contributed by atoms with Crippen molar-refractivity contribution in [2.45, 2.75) is 25.8 Å². The maximum Gasteiger partial charge on any atom is 0.341 e. The number of halogens is 2. The fourth-order valence-electron chi connectivity index (χ4n) is 4.44. The Bertz CT molecular complexity index is 997. The van der Waals surface area contributed by atoms with Crippen LogP contribution in [-0.2, 0) is 6.42 Å². The molecular weight excluding hydrogens is 401 g/mol. The molecule has 1 fully saturated rings. The van der Waals surface area contributed by atoms with Gasteiger partial charge in [-0.15, -0.1) is 11.6 Å². The van der Waals surface area contributed by atoms with Crippen LogP contribution in [0, 0.1) is 0 Å². The molecule has 2 aliphatic heterocycles. The molecule has 3 heterocycles. The number of hydrogen-bond acceptors (Lipinski definition) is 4. The summed E-state index contributed by atoms with van der Waals surface area (Å²) in [5.74, 6) is -0.580. The number of benzene rings is 1. The van der Waals surface area contributed by atoms with Crippen molar-refractivity contribution in [3.05, 3.63) is 38.6 Å². The fraction of sp³-hybridized carbons (Fsp3) is 0.500. The normalized spacial score (nSPS) is 20.0. The van der Waals surface area contributed by atoms with E-state index in [2.05, 4.69) is 16.7 Å². The third-order valence-electron chi connectivity index (χ3n) is 5.95. The van der Waals surface area contributed by atoms with Crippen molar-refractivity contribution in [1.29, 1.82) is 0 Å². The Kier molecular flexibility index (Phi) is 5.29. The van der Waals surface area contributed by atoms with Crippen molar-refractivity contribution in [2.24, 2.45) is 0 Å². The number of carboxylic acids is 1. The van der Waals surface area contributed by atoms with Crippen LogP contribution in [0.4, 0.5) is 5.69 Å². The molecule has 8 heteroatoms. The van der Waals surface area contributed by atoms with Gasteiger partial charge in [0.2, 0.25) is 5.43 Å². The Morgan fingerprint density at radius 3 is 2.64 bits per heavy atom. The summed E-state index contributed by atoms with van der Waals surface area (Å²) in [6, 6.07) is 1.78. The number of rotatable bonds is 4. The maximum absolute atomic E-state index is 12.8. The SMILES string of the molecule is CC1CCc2c(N3CCN(CCCl)CC3)c(Cl)cc3c(=O)c(C(=O)O)cn1c23. The van der Waals surface area contributed by atoms with Gasteiger partial charge < -0.3 is 14.6 Å². The first kappa shape index (κ1) is 19.6. The zero-order valence-electron chi connectivity index (χ0n) is 15.8. The first-order chi connectivity index (χ1) is 13.4. The van der Waals surface area contributed by atoms with Gasteiger partial charge in [0.15, 0.2) is 0 Å². The highest BCUT2D eigenvalue weighted by molar-refractivity contribution is 6.34. The Balaban J connectivity index is 1.87. The van der Waals surface area contributed by atoms with Crippen molar-refractivity contribution < 1.29 is 9.90 Å². The van der Waals surface area contributed by atoms with Crippen molar-refractivity contribution in [1.82, 2.24) is 9.47 Å². The largest absolute Gasteiger partial charge is 0.477 e. The van der Waals surface area contributed by atoms with E-state index in [4.69, 9.17) is 23.2 Å². The van der Waals surface area contributed by atoms with Crippen LogP contribution >= 0.6 is 23.2 Å². The number of pyridine rings is 1. The topological polar surface area (TPSA) is 65.8 Å². The number of aromatic nitrogens is 1. The molecule has 0 aliphatic carbocycles. The van der Waals surface area contributed by atoms with Crippen LogP contribution < -0.4 is 10.3 Å². The van der Waals surface area contributed by atoms with Gasteiger partial charge in [-0.1, -0.05) is 11.6 Å². The molecule has 2 aliphatic rings. The van der Waals surface area contributed by atoms with Crippen LogP contribution in [0.1, 0.15) is 35.3 Å². The van der Waals surface area contributed by atoms with Crippen LogP contribution in [-0.4, -0.2) is 59.1 Å². The number of nitrogens with zero attached hydrogens (tertiary/aromatic N) is 3. The van der Waals surface area contributed by atoms with E-state index in [1.165, 1.54) is 6.20 Å². The van der Waals surface area contributed by atoms with Gasteiger partial charge in [-0.2, -0.15) is 0 Å². The lowest BCUT2D eigenvalue weighted by molar-refractivity contribution is 0.0694. The zero-order chi connectivity index (χ0) is 20.0. The highest BCUT2D eigenvalue weighted by Gasteiger charge is 2.29. The van der Waals surface area contributed by atoms with E-state index in [9.17, 15) is 14.7 Å². The Morgan fingerprint density at radius 1 is 1.29 bits per heavy atom. The molecule has 0 radical (unpaired) electrons. The number of hydrogen-bond donors (Lipinski definition) is 1. The molecular formula is C20H23Cl2N3O3. The molecule has 1 saturated heterocycles. The van der Waals surface area contributed by atoms with Crippen molar-refractivity contribution in [3.8, 4) is 0 Å². The molecule has 0 bridgehead atoms. The van der Waals surface area contributed by atoms with Crippen molar-refractivity contribution in [3.63, 3.8) is 0 Å². The number of alkyl halides is 1. The second-order valence-corrected chi connectivity index (χ2v) is 8.36. The van der Waals surface area contributed by atoms with Crippen LogP contribution in [0.5, 0.6) is 0 Å². The van der Waals surface area contributed by atoms with Crippen LogP contribution in [0.2, 0.25) is 5.02 Å². The highest BCUT2D eigenvalue weighted by atomic mass is 35.5.